The maximum absolute atomic E-state index is 13.8. The van der Waals surface area contributed by atoms with E-state index in [-0.39, 0.29) is 30.2 Å². The van der Waals surface area contributed by atoms with E-state index in [1.54, 1.807) is 29.3 Å². The number of carbonyl (C=O) groups excluding carboxylic acids is 1. The van der Waals surface area contributed by atoms with Gasteiger partial charge in [0.15, 0.2) is 5.65 Å². The highest BCUT2D eigenvalue weighted by Crippen LogP contribution is 2.22. The first kappa shape index (κ1) is 22.2. The summed E-state index contributed by atoms with van der Waals surface area (Å²) in [6, 6.07) is 9.20. The molecule has 0 bridgehead atoms. The summed E-state index contributed by atoms with van der Waals surface area (Å²) in [5.41, 5.74) is 2.29. The molecule has 34 heavy (non-hydrogen) atoms. The number of ether oxygens (including phenoxy) is 1. The van der Waals surface area contributed by atoms with Crippen molar-refractivity contribution in [3.05, 3.63) is 64.0 Å². The van der Waals surface area contributed by atoms with Gasteiger partial charge < -0.3 is 14.6 Å². The molecular weight excluding hydrogens is 432 g/mol. The number of carbonyl (C=O) groups is 1. The number of para-hydroxylation sites is 1. The van der Waals surface area contributed by atoms with E-state index in [0.717, 1.165) is 23.9 Å². The summed E-state index contributed by atoms with van der Waals surface area (Å²) in [5, 5.41) is 5.77. The Bertz CT molecular complexity index is 1420. The SMILES string of the molecule is Cc1nc2c(cnn2C(C)C)cc1C(=O)N(Cc1nc2ccccc2c(=O)[nH]1)C[C@@H]1CCCO1. The van der Waals surface area contributed by atoms with Gasteiger partial charge in [0.05, 0.1) is 41.0 Å². The average Bonchev–Trinajstić information content (AvgIpc) is 3.47. The fourth-order valence-electron chi connectivity index (χ4n) is 4.47. The molecule has 0 spiro atoms. The maximum atomic E-state index is 13.8. The molecule has 1 atom stereocenters. The Kier molecular flexibility index (Phi) is 5.87. The Morgan fingerprint density at radius 2 is 2.12 bits per heavy atom. The number of hydrogen-bond acceptors (Lipinski definition) is 6. The quantitative estimate of drug-likeness (QED) is 0.473. The Hall–Kier alpha value is -3.59. The van der Waals surface area contributed by atoms with Gasteiger partial charge in [-0.25, -0.2) is 14.6 Å². The molecule has 1 amide bonds. The van der Waals surface area contributed by atoms with E-state index in [1.807, 2.05) is 37.6 Å². The molecule has 0 unspecified atom stereocenters. The van der Waals surface area contributed by atoms with Gasteiger partial charge in [-0.05, 0) is 51.8 Å². The predicted molar refractivity (Wildman–Crippen MR) is 129 cm³/mol. The number of nitrogens with zero attached hydrogens (tertiary/aromatic N) is 5. The summed E-state index contributed by atoms with van der Waals surface area (Å²) in [4.78, 5) is 40.2. The number of benzene rings is 1. The smallest absolute Gasteiger partial charge is 0.258 e. The zero-order valence-corrected chi connectivity index (χ0v) is 19.6. The van der Waals surface area contributed by atoms with Crippen LogP contribution in [0.15, 0.2) is 41.3 Å². The van der Waals surface area contributed by atoms with Crippen molar-refractivity contribution in [2.24, 2.45) is 0 Å². The molecule has 0 saturated carbocycles. The minimum Gasteiger partial charge on any atom is -0.376 e. The molecule has 9 heteroatoms. The van der Waals surface area contributed by atoms with Crippen molar-refractivity contribution in [1.29, 1.82) is 0 Å². The normalized spacial score (nSPS) is 16.1. The lowest BCUT2D eigenvalue weighted by Gasteiger charge is -2.25. The van der Waals surface area contributed by atoms with E-state index < -0.39 is 0 Å². The zero-order valence-electron chi connectivity index (χ0n) is 19.6. The number of aromatic nitrogens is 5. The molecule has 0 radical (unpaired) electrons. The predicted octanol–water partition coefficient (Wildman–Crippen LogP) is 3.38. The molecule has 3 aromatic heterocycles. The number of aromatic amines is 1. The highest BCUT2D eigenvalue weighted by atomic mass is 16.5. The minimum absolute atomic E-state index is 0.0446. The molecule has 1 saturated heterocycles. The molecule has 0 aliphatic carbocycles. The molecule has 1 N–H and O–H groups in total. The van der Waals surface area contributed by atoms with Gasteiger partial charge in [0.2, 0.25) is 0 Å². The molecule has 4 heterocycles. The van der Waals surface area contributed by atoms with Crippen molar-refractivity contribution in [3.8, 4) is 0 Å². The molecule has 1 fully saturated rings. The van der Waals surface area contributed by atoms with Crippen molar-refractivity contribution in [3.63, 3.8) is 0 Å². The standard InChI is InChI=1S/C25H28N6O3/c1-15(2)31-23-17(12-26-31)11-20(16(3)27-23)25(33)30(13-18-7-6-10-34-18)14-22-28-21-9-5-4-8-19(21)24(32)29-22/h4-5,8-9,11-12,15,18H,6-7,10,13-14H2,1-3H3,(H,28,29,32)/t18-/m0/s1. The Labute approximate surface area is 196 Å². The van der Waals surface area contributed by atoms with Crippen LogP contribution in [-0.2, 0) is 11.3 Å². The average molecular weight is 461 g/mol. The largest absolute Gasteiger partial charge is 0.376 e. The first-order valence-electron chi connectivity index (χ1n) is 11.6. The highest BCUT2D eigenvalue weighted by molar-refractivity contribution is 5.98. The lowest BCUT2D eigenvalue weighted by molar-refractivity contribution is 0.0500. The first-order valence-corrected chi connectivity index (χ1v) is 11.6. The Morgan fingerprint density at radius 1 is 1.29 bits per heavy atom. The van der Waals surface area contributed by atoms with E-state index in [4.69, 9.17) is 9.72 Å². The van der Waals surface area contributed by atoms with Crippen LogP contribution in [0.3, 0.4) is 0 Å². The lowest BCUT2D eigenvalue weighted by Crippen LogP contribution is -2.38. The van der Waals surface area contributed by atoms with Gasteiger partial charge in [0, 0.05) is 24.6 Å². The van der Waals surface area contributed by atoms with E-state index in [2.05, 4.69) is 15.1 Å². The third kappa shape index (κ3) is 4.19. The summed E-state index contributed by atoms with van der Waals surface area (Å²) >= 11 is 0. The Balaban J connectivity index is 1.51. The summed E-state index contributed by atoms with van der Waals surface area (Å²) in [7, 11) is 0. The van der Waals surface area contributed by atoms with Gasteiger partial charge in [-0.2, -0.15) is 5.10 Å². The number of H-pyrrole nitrogens is 1. The van der Waals surface area contributed by atoms with E-state index in [1.165, 1.54) is 0 Å². The number of pyridine rings is 1. The third-order valence-corrected chi connectivity index (χ3v) is 6.22. The van der Waals surface area contributed by atoms with Gasteiger partial charge in [-0.3, -0.25) is 9.59 Å². The summed E-state index contributed by atoms with van der Waals surface area (Å²) in [5.74, 6) is 0.268. The van der Waals surface area contributed by atoms with Crippen LogP contribution in [0.5, 0.6) is 0 Å². The lowest BCUT2D eigenvalue weighted by atomic mass is 10.1. The van der Waals surface area contributed by atoms with Crippen LogP contribution in [0, 0.1) is 6.92 Å². The fraction of sp³-hybridized carbons (Fsp3) is 0.400. The molecule has 1 aromatic carbocycles. The van der Waals surface area contributed by atoms with Crippen molar-refractivity contribution in [1.82, 2.24) is 29.6 Å². The summed E-state index contributed by atoms with van der Waals surface area (Å²) < 4.78 is 7.67. The molecule has 4 aromatic rings. The first-order chi connectivity index (χ1) is 16.4. The second-order valence-electron chi connectivity index (χ2n) is 9.07. The number of rotatable bonds is 6. The maximum Gasteiger partial charge on any atom is 0.258 e. The van der Waals surface area contributed by atoms with Gasteiger partial charge >= 0.3 is 0 Å². The van der Waals surface area contributed by atoms with Crippen LogP contribution >= 0.6 is 0 Å². The topological polar surface area (TPSA) is 106 Å². The van der Waals surface area contributed by atoms with Crippen molar-refractivity contribution in [2.45, 2.75) is 52.3 Å². The molecule has 5 rings (SSSR count). The van der Waals surface area contributed by atoms with Crippen LogP contribution in [0.2, 0.25) is 0 Å². The summed E-state index contributed by atoms with van der Waals surface area (Å²) in [6.45, 7) is 7.20. The van der Waals surface area contributed by atoms with Crippen LogP contribution < -0.4 is 5.56 Å². The van der Waals surface area contributed by atoms with Gasteiger partial charge in [-0.1, -0.05) is 12.1 Å². The molecular formula is C25H28N6O3. The second-order valence-corrected chi connectivity index (χ2v) is 9.07. The van der Waals surface area contributed by atoms with Crippen LogP contribution in [0.4, 0.5) is 0 Å². The number of aryl methyl sites for hydroxylation is 1. The van der Waals surface area contributed by atoms with Gasteiger partial charge in [0.1, 0.15) is 5.82 Å². The number of amides is 1. The second kappa shape index (κ2) is 8.98. The molecule has 1 aliphatic heterocycles. The van der Waals surface area contributed by atoms with Gasteiger partial charge in [0.25, 0.3) is 11.5 Å². The minimum atomic E-state index is -0.217. The van der Waals surface area contributed by atoms with Crippen molar-refractivity contribution >= 4 is 27.8 Å². The van der Waals surface area contributed by atoms with E-state index in [9.17, 15) is 9.59 Å². The van der Waals surface area contributed by atoms with Crippen LogP contribution in [0.1, 0.15) is 54.6 Å². The fourth-order valence-corrected chi connectivity index (χ4v) is 4.47. The zero-order chi connectivity index (χ0) is 23.8. The van der Waals surface area contributed by atoms with E-state index in [0.29, 0.717) is 41.1 Å². The molecule has 1 aliphatic rings. The monoisotopic (exact) mass is 460 g/mol. The number of fused-ring (bicyclic) bond motifs is 2. The summed E-state index contributed by atoms with van der Waals surface area (Å²) in [6.07, 6.45) is 3.56. The van der Waals surface area contributed by atoms with Crippen LogP contribution in [-0.4, -0.2) is 54.8 Å². The molecule has 176 valence electrons. The van der Waals surface area contributed by atoms with Crippen molar-refractivity contribution < 1.29 is 9.53 Å². The van der Waals surface area contributed by atoms with Crippen LogP contribution in [0.25, 0.3) is 21.9 Å². The third-order valence-electron chi connectivity index (χ3n) is 6.22. The number of nitrogens with one attached hydrogen (secondary N) is 1. The number of hydrogen-bond donors (Lipinski definition) is 1. The van der Waals surface area contributed by atoms with Gasteiger partial charge in [-0.15, -0.1) is 0 Å². The van der Waals surface area contributed by atoms with Crippen molar-refractivity contribution in [2.75, 3.05) is 13.2 Å². The van der Waals surface area contributed by atoms with E-state index >= 15 is 0 Å². The molecule has 9 nitrogen and oxygen atoms in total. The highest BCUT2D eigenvalue weighted by Gasteiger charge is 2.26. The Morgan fingerprint density at radius 3 is 2.88 bits per heavy atom.